The van der Waals surface area contributed by atoms with E-state index in [1.165, 1.54) is 12.1 Å². The van der Waals surface area contributed by atoms with Crippen LogP contribution in [0.25, 0.3) is 0 Å². The van der Waals surface area contributed by atoms with Crippen molar-refractivity contribution in [1.29, 1.82) is 0 Å². The number of sulfonamides is 1. The van der Waals surface area contributed by atoms with Crippen molar-refractivity contribution < 1.29 is 13.2 Å². The maximum Gasteiger partial charge on any atom is 0.255 e. The topological polar surface area (TPSA) is 89.3 Å². The molecule has 21 heavy (non-hydrogen) atoms. The lowest BCUT2D eigenvalue weighted by Crippen LogP contribution is -2.17. The molecule has 2 aromatic rings. The van der Waals surface area contributed by atoms with Crippen LogP contribution in [0, 0.1) is 10.5 Å². The molecule has 110 valence electrons. The van der Waals surface area contributed by atoms with Crippen LogP contribution in [-0.2, 0) is 10.0 Å². The number of amides is 1. The van der Waals surface area contributed by atoms with Crippen LogP contribution >= 0.6 is 22.6 Å². The van der Waals surface area contributed by atoms with E-state index in [0.717, 1.165) is 3.57 Å². The quantitative estimate of drug-likeness (QED) is 0.754. The Kier molecular flexibility index (Phi) is 4.64. The molecule has 0 saturated heterocycles. The van der Waals surface area contributed by atoms with Crippen molar-refractivity contribution in [2.24, 2.45) is 5.14 Å². The van der Waals surface area contributed by atoms with Gasteiger partial charge in [0.05, 0.1) is 4.90 Å². The predicted octanol–water partition coefficient (Wildman–Crippen LogP) is 2.50. The van der Waals surface area contributed by atoms with E-state index in [1.807, 2.05) is 12.1 Å². The molecule has 5 nitrogen and oxygen atoms in total. The second kappa shape index (κ2) is 6.12. The molecule has 2 rings (SSSR count). The number of primary sulfonamides is 1. The molecular formula is C14H13IN2O3S. The van der Waals surface area contributed by atoms with E-state index in [9.17, 15) is 13.2 Å². The van der Waals surface area contributed by atoms with Gasteiger partial charge in [0.25, 0.3) is 5.91 Å². The van der Waals surface area contributed by atoms with E-state index < -0.39 is 10.0 Å². The van der Waals surface area contributed by atoms with Crippen molar-refractivity contribution >= 4 is 44.2 Å². The van der Waals surface area contributed by atoms with E-state index in [0.29, 0.717) is 11.3 Å². The third kappa shape index (κ3) is 4.02. The van der Waals surface area contributed by atoms with Gasteiger partial charge in [0, 0.05) is 14.8 Å². The van der Waals surface area contributed by atoms with Crippen molar-refractivity contribution in [3.05, 3.63) is 57.2 Å². The molecule has 0 unspecified atom stereocenters. The highest BCUT2D eigenvalue weighted by atomic mass is 127. The van der Waals surface area contributed by atoms with Crippen LogP contribution in [0.2, 0.25) is 0 Å². The third-order valence-corrected chi connectivity index (χ3v) is 4.51. The Balaban J connectivity index is 2.32. The van der Waals surface area contributed by atoms with Crippen LogP contribution in [0.4, 0.5) is 5.69 Å². The molecule has 0 saturated carbocycles. The van der Waals surface area contributed by atoms with Crippen LogP contribution in [-0.4, -0.2) is 14.3 Å². The normalized spacial score (nSPS) is 11.2. The molecule has 0 spiro atoms. The van der Waals surface area contributed by atoms with Gasteiger partial charge in [-0.2, -0.15) is 0 Å². The van der Waals surface area contributed by atoms with Crippen molar-refractivity contribution in [2.45, 2.75) is 11.8 Å². The van der Waals surface area contributed by atoms with Gasteiger partial charge in [-0.25, -0.2) is 13.6 Å². The molecule has 7 heteroatoms. The van der Waals surface area contributed by atoms with E-state index in [-0.39, 0.29) is 16.4 Å². The second-order valence-electron chi connectivity index (χ2n) is 4.48. The lowest BCUT2D eigenvalue weighted by atomic mass is 10.1. The molecule has 3 N–H and O–H groups in total. The molecule has 0 aliphatic heterocycles. The average molecular weight is 416 g/mol. The Morgan fingerprint density at radius 2 is 1.76 bits per heavy atom. The molecule has 0 atom stereocenters. The Hall–Kier alpha value is -1.45. The first kappa shape index (κ1) is 15.9. The minimum Gasteiger partial charge on any atom is -0.322 e. The van der Waals surface area contributed by atoms with E-state index in [4.69, 9.17) is 5.14 Å². The zero-order valence-corrected chi connectivity index (χ0v) is 14.1. The summed E-state index contributed by atoms with van der Waals surface area (Å²) in [5, 5.41) is 7.81. The van der Waals surface area contributed by atoms with E-state index >= 15 is 0 Å². The number of nitrogens with one attached hydrogen (secondary N) is 1. The Morgan fingerprint density at radius 3 is 2.33 bits per heavy atom. The van der Waals surface area contributed by atoms with Crippen LogP contribution in [0.5, 0.6) is 0 Å². The maximum absolute atomic E-state index is 12.3. The summed E-state index contributed by atoms with van der Waals surface area (Å²) in [6, 6.07) is 11.5. The largest absolute Gasteiger partial charge is 0.322 e. The lowest BCUT2D eigenvalue weighted by molar-refractivity contribution is 0.102. The van der Waals surface area contributed by atoms with Crippen LogP contribution in [0.1, 0.15) is 15.9 Å². The van der Waals surface area contributed by atoms with Crippen LogP contribution in [0.3, 0.4) is 0 Å². The zero-order valence-electron chi connectivity index (χ0n) is 11.1. The molecule has 0 aromatic heterocycles. The first-order chi connectivity index (χ1) is 9.77. The highest BCUT2D eigenvalue weighted by Crippen LogP contribution is 2.17. The van der Waals surface area contributed by atoms with Crippen molar-refractivity contribution in [3.8, 4) is 0 Å². The van der Waals surface area contributed by atoms with Gasteiger partial charge in [-0.1, -0.05) is 6.07 Å². The van der Waals surface area contributed by atoms with Crippen molar-refractivity contribution in [3.63, 3.8) is 0 Å². The molecule has 1 amide bonds. The standard InChI is InChI=1S/C14H13IN2O3S/c1-9-2-7-12(21(16,19)20)8-13(9)14(18)17-11-5-3-10(15)4-6-11/h2-8H,1H3,(H,17,18)(H2,16,19,20). The van der Waals surface area contributed by atoms with Gasteiger partial charge in [-0.05, 0) is 71.5 Å². The SMILES string of the molecule is Cc1ccc(S(N)(=O)=O)cc1C(=O)Nc1ccc(I)cc1. The van der Waals surface area contributed by atoms with Gasteiger partial charge in [0.1, 0.15) is 0 Å². The number of rotatable bonds is 3. The predicted molar refractivity (Wildman–Crippen MR) is 89.7 cm³/mol. The number of hydrogen-bond acceptors (Lipinski definition) is 3. The zero-order chi connectivity index (χ0) is 15.6. The summed E-state index contributed by atoms with van der Waals surface area (Å²) in [6.45, 7) is 1.73. The van der Waals surface area contributed by atoms with E-state index in [2.05, 4.69) is 27.9 Å². The van der Waals surface area contributed by atoms with Gasteiger partial charge >= 0.3 is 0 Å². The number of carbonyl (C=O) groups excluding carboxylic acids is 1. The fraction of sp³-hybridized carbons (Fsp3) is 0.0714. The Labute approximate surface area is 136 Å². The summed E-state index contributed by atoms with van der Waals surface area (Å²) in [4.78, 5) is 12.2. The minimum absolute atomic E-state index is 0.0825. The maximum atomic E-state index is 12.3. The molecular weight excluding hydrogens is 403 g/mol. The lowest BCUT2D eigenvalue weighted by Gasteiger charge is -2.09. The van der Waals surface area contributed by atoms with E-state index in [1.54, 1.807) is 25.1 Å². The summed E-state index contributed by atoms with van der Waals surface area (Å²) >= 11 is 2.17. The number of nitrogens with two attached hydrogens (primary N) is 1. The number of benzene rings is 2. The van der Waals surface area contributed by atoms with Gasteiger partial charge in [0.2, 0.25) is 10.0 Å². The van der Waals surface area contributed by atoms with Crippen molar-refractivity contribution in [1.82, 2.24) is 0 Å². The second-order valence-corrected chi connectivity index (χ2v) is 7.29. The fourth-order valence-electron chi connectivity index (χ4n) is 1.75. The van der Waals surface area contributed by atoms with Gasteiger partial charge < -0.3 is 5.32 Å². The summed E-state index contributed by atoms with van der Waals surface area (Å²) in [7, 11) is -3.84. The average Bonchev–Trinajstić information content (AvgIpc) is 2.40. The molecule has 2 aromatic carbocycles. The summed E-state index contributed by atoms with van der Waals surface area (Å²) in [5.41, 5.74) is 1.59. The number of carbonyl (C=O) groups is 1. The van der Waals surface area contributed by atoms with Gasteiger partial charge in [-0.3, -0.25) is 4.79 Å². The van der Waals surface area contributed by atoms with Crippen LogP contribution in [0.15, 0.2) is 47.4 Å². The highest BCUT2D eigenvalue weighted by molar-refractivity contribution is 14.1. The highest BCUT2D eigenvalue weighted by Gasteiger charge is 2.14. The first-order valence-corrected chi connectivity index (χ1v) is 8.60. The number of aryl methyl sites for hydroxylation is 1. The molecule has 0 heterocycles. The summed E-state index contributed by atoms with van der Waals surface area (Å²) in [5.74, 6) is -0.376. The van der Waals surface area contributed by atoms with Gasteiger partial charge in [-0.15, -0.1) is 0 Å². The Morgan fingerprint density at radius 1 is 1.14 bits per heavy atom. The molecule has 0 fully saturated rings. The number of hydrogen-bond donors (Lipinski definition) is 2. The van der Waals surface area contributed by atoms with Gasteiger partial charge in [0.15, 0.2) is 0 Å². The molecule has 0 bridgehead atoms. The Bertz CT molecular complexity index is 786. The first-order valence-electron chi connectivity index (χ1n) is 5.98. The van der Waals surface area contributed by atoms with Crippen LogP contribution < -0.4 is 10.5 Å². The van der Waals surface area contributed by atoms with Crippen molar-refractivity contribution in [2.75, 3.05) is 5.32 Å². The smallest absolute Gasteiger partial charge is 0.255 e. The number of anilines is 1. The minimum atomic E-state index is -3.84. The third-order valence-electron chi connectivity index (χ3n) is 2.88. The summed E-state index contributed by atoms with van der Waals surface area (Å²) < 4.78 is 23.8. The molecule has 0 aliphatic carbocycles. The monoisotopic (exact) mass is 416 g/mol. The fourth-order valence-corrected chi connectivity index (χ4v) is 2.65. The number of halogens is 1. The molecule has 0 radical (unpaired) electrons. The molecule has 0 aliphatic rings. The summed E-state index contributed by atoms with van der Waals surface area (Å²) in [6.07, 6.45) is 0.